The van der Waals surface area contributed by atoms with Gasteiger partial charge in [0.2, 0.25) is 0 Å². The SMILES string of the molecule is O=C(CN1CCCc2ccccc2C1)c1cccc(Cl)c1. The molecule has 0 aliphatic carbocycles. The lowest BCUT2D eigenvalue weighted by Gasteiger charge is -2.19. The molecule has 0 amide bonds. The fraction of sp³-hybridized carbons (Fsp3) is 0.278. The molecule has 0 saturated carbocycles. The van der Waals surface area contributed by atoms with E-state index >= 15 is 0 Å². The minimum Gasteiger partial charge on any atom is -0.293 e. The quantitative estimate of drug-likeness (QED) is 0.799. The maximum atomic E-state index is 12.4. The number of hydrogen-bond acceptors (Lipinski definition) is 2. The Kier molecular flexibility index (Phi) is 4.37. The molecular formula is C18H18ClNO. The third-order valence-corrected chi connectivity index (χ3v) is 4.18. The van der Waals surface area contributed by atoms with Crippen molar-refractivity contribution in [3.8, 4) is 0 Å². The minimum absolute atomic E-state index is 0.136. The Bertz CT molecular complexity index is 653. The van der Waals surface area contributed by atoms with Crippen LogP contribution >= 0.6 is 11.6 Å². The van der Waals surface area contributed by atoms with Crippen molar-refractivity contribution >= 4 is 17.4 Å². The van der Waals surface area contributed by atoms with E-state index in [1.54, 1.807) is 12.1 Å². The number of Topliss-reactive ketones (excluding diaryl/α,β-unsaturated/α-hetero) is 1. The van der Waals surface area contributed by atoms with Crippen LogP contribution in [0.2, 0.25) is 5.02 Å². The van der Waals surface area contributed by atoms with Crippen molar-refractivity contribution in [2.24, 2.45) is 0 Å². The van der Waals surface area contributed by atoms with E-state index in [-0.39, 0.29) is 5.78 Å². The average molecular weight is 300 g/mol. The molecule has 0 aromatic heterocycles. The Morgan fingerprint density at radius 1 is 1.10 bits per heavy atom. The molecule has 0 unspecified atom stereocenters. The van der Waals surface area contributed by atoms with Crippen LogP contribution in [0.5, 0.6) is 0 Å². The van der Waals surface area contributed by atoms with Crippen LogP contribution in [0.25, 0.3) is 0 Å². The van der Waals surface area contributed by atoms with E-state index in [0.29, 0.717) is 17.1 Å². The summed E-state index contributed by atoms with van der Waals surface area (Å²) in [5.41, 5.74) is 3.45. The van der Waals surface area contributed by atoms with Crippen LogP contribution in [0, 0.1) is 0 Å². The molecule has 108 valence electrons. The lowest BCUT2D eigenvalue weighted by Crippen LogP contribution is -2.29. The molecule has 3 heteroatoms. The topological polar surface area (TPSA) is 20.3 Å². The van der Waals surface area contributed by atoms with Crippen molar-refractivity contribution in [2.75, 3.05) is 13.1 Å². The van der Waals surface area contributed by atoms with E-state index in [4.69, 9.17) is 11.6 Å². The summed E-state index contributed by atoms with van der Waals surface area (Å²) >= 11 is 5.96. The second-order valence-electron chi connectivity index (χ2n) is 5.52. The molecule has 0 atom stereocenters. The molecule has 0 fully saturated rings. The van der Waals surface area contributed by atoms with Crippen molar-refractivity contribution in [3.05, 3.63) is 70.2 Å². The molecule has 2 nitrogen and oxygen atoms in total. The van der Waals surface area contributed by atoms with Crippen LogP contribution < -0.4 is 0 Å². The van der Waals surface area contributed by atoms with Gasteiger partial charge in [-0.15, -0.1) is 0 Å². The summed E-state index contributed by atoms with van der Waals surface area (Å²) in [5, 5.41) is 0.613. The zero-order valence-corrected chi connectivity index (χ0v) is 12.6. The number of carbonyl (C=O) groups is 1. The van der Waals surface area contributed by atoms with Gasteiger partial charge in [-0.3, -0.25) is 9.69 Å². The number of halogens is 1. The molecule has 0 bridgehead atoms. The molecule has 1 heterocycles. The highest BCUT2D eigenvalue weighted by Crippen LogP contribution is 2.19. The fourth-order valence-electron chi connectivity index (χ4n) is 2.86. The first-order chi connectivity index (χ1) is 10.2. The third-order valence-electron chi connectivity index (χ3n) is 3.95. The second-order valence-corrected chi connectivity index (χ2v) is 5.95. The highest BCUT2D eigenvalue weighted by atomic mass is 35.5. The van der Waals surface area contributed by atoms with Crippen LogP contribution in [0.3, 0.4) is 0 Å². The van der Waals surface area contributed by atoms with Gasteiger partial charge in [0.1, 0.15) is 0 Å². The summed E-state index contributed by atoms with van der Waals surface area (Å²) in [6.45, 7) is 2.26. The Morgan fingerprint density at radius 3 is 2.71 bits per heavy atom. The number of nitrogens with zero attached hydrogens (tertiary/aromatic N) is 1. The summed E-state index contributed by atoms with van der Waals surface area (Å²) < 4.78 is 0. The van der Waals surface area contributed by atoms with Gasteiger partial charge < -0.3 is 0 Å². The van der Waals surface area contributed by atoms with Gasteiger partial charge in [-0.05, 0) is 42.6 Å². The first kappa shape index (κ1) is 14.3. The predicted molar refractivity (Wildman–Crippen MR) is 85.8 cm³/mol. The highest BCUT2D eigenvalue weighted by Gasteiger charge is 2.17. The first-order valence-corrected chi connectivity index (χ1v) is 7.68. The van der Waals surface area contributed by atoms with E-state index in [1.807, 2.05) is 12.1 Å². The molecule has 0 saturated heterocycles. The van der Waals surface area contributed by atoms with E-state index in [2.05, 4.69) is 29.2 Å². The smallest absolute Gasteiger partial charge is 0.176 e. The van der Waals surface area contributed by atoms with Crippen LogP contribution in [0.1, 0.15) is 27.9 Å². The maximum absolute atomic E-state index is 12.4. The molecule has 0 radical (unpaired) electrons. The van der Waals surface area contributed by atoms with E-state index in [0.717, 1.165) is 25.9 Å². The summed E-state index contributed by atoms with van der Waals surface area (Å²) in [4.78, 5) is 14.6. The molecule has 2 aromatic rings. The van der Waals surface area contributed by atoms with Crippen molar-refractivity contribution in [1.82, 2.24) is 4.90 Å². The Balaban J connectivity index is 1.72. The van der Waals surface area contributed by atoms with Gasteiger partial charge in [-0.1, -0.05) is 48.0 Å². The number of ketones is 1. The first-order valence-electron chi connectivity index (χ1n) is 7.30. The molecule has 3 rings (SSSR count). The zero-order valence-electron chi connectivity index (χ0n) is 11.9. The number of carbonyl (C=O) groups excluding carboxylic acids is 1. The van der Waals surface area contributed by atoms with Gasteiger partial charge >= 0.3 is 0 Å². The van der Waals surface area contributed by atoms with Crippen molar-refractivity contribution in [3.63, 3.8) is 0 Å². The van der Waals surface area contributed by atoms with Crippen LogP contribution in [0.4, 0.5) is 0 Å². The van der Waals surface area contributed by atoms with Crippen molar-refractivity contribution in [2.45, 2.75) is 19.4 Å². The number of fused-ring (bicyclic) bond motifs is 1. The van der Waals surface area contributed by atoms with Gasteiger partial charge in [0, 0.05) is 17.1 Å². The van der Waals surface area contributed by atoms with Crippen LogP contribution in [-0.4, -0.2) is 23.8 Å². The predicted octanol–water partition coefficient (Wildman–Crippen LogP) is 3.97. The molecule has 2 aromatic carbocycles. The number of rotatable bonds is 3. The molecule has 1 aliphatic heterocycles. The van der Waals surface area contributed by atoms with E-state index in [9.17, 15) is 4.79 Å². The zero-order chi connectivity index (χ0) is 14.7. The summed E-state index contributed by atoms with van der Waals surface area (Å²) in [5.74, 6) is 0.136. The average Bonchev–Trinajstić information content (AvgIpc) is 2.68. The summed E-state index contributed by atoms with van der Waals surface area (Å²) in [6, 6.07) is 15.7. The Labute approximate surface area is 130 Å². The van der Waals surface area contributed by atoms with Crippen LogP contribution in [0.15, 0.2) is 48.5 Å². The second kappa shape index (κ2) is 6.42. The number of hydrogen-bond donors (Lipinski definition) is 0. The minimum atomic E-state index is 0.136. The Hall–Kier alpha value is -1.64. The largest absolute Gasteiger partial charge is 0.293 e. The monoisotopic (exact) mass is 299 g/mol. The van der Waals surface area contributed by atoms with Gasteiger partial charge in [0.15, 0.2) is 5.78 Å². The van der Waals surface area contributed by atoms with Crippen LogP contribution in [-0.2, 0) is 13.0 Å². The van der Waals surface area contributed by atoms with Gasteiger partial charge in [0.25, 0.3) is 0 Å². The molecule has 1 aliphatic rings. The highest BCUT2D eigenvalue weighted by molar-refractivity contribution is 6.31. The summed E-state index contributed by atoms with van der Waals surface area (Å²) in [6.07, 6.45) is 2.19. The van der Waals surface area contributed by atoms with Crippen molar-refractivity contribution < 1.29 is 4.79 Å². The third kappa shape index (κ3) is 3.52. The normalized spacial score (nSPS) is 15.3. The van der Waals surface area contributed by atoms with Crippen molar-refractivity contribution in [1.29, 1.82) is 0 Å². The lowest BCUT2D eigenvalue weighted by atomic mass is 10.0. The van der Waals surface area contributed by atoms with Gasteiger partial charge in [-0.25, -0.2) is 0 Å². The Morgan fingerprint density at radius 2 is 1.90 bits per heavy atom. The molecular weight excluding hydrogens is 282 g/mol. The van der Waals surface area contributed by atoms with Gasteiger partial charge in [-0.2, -0.15) is 0 Å². The molecule has 21 heavy (non-hydrogen) atoms. The van der Waals surface area contributed by atoms with E-state index in [1.165, 1.54) is 11.1 Å². The summed E-state index contributed by atoms with van der Waals surface area (Å²) in [7, 11) is 0. The standard InChI is InChI=1S/C18H18ClNO/c19-17-9-3-7-15(11-17)18(21)13-20-10-4-8-14-5-1-2-6-16(14)12-20/h1-3,5-7,9,11H,4,8,10,12-13H2. The number of benzene rings is 2. The molecule has 0 N–H and O–H groups in total. The lowest BCUT2D eigenvalue weighted by molar-refractivity contribution is 0.0927. The fourth-order valence-corrected chi connectivity index (χ4v) is 3.05. The van der Waals surface area contributed by atoms with E-state index < -0.39 is 0 Å². The maximum Gasteiger partial charge on any atom is 0.176 e. The molecule has 0 spiro atoms. The van der Waals surface area contributed by atoms with Gasteiger partial charge in [0.05, 0.1) is 6.54 Å². The number of aryl methyl sites for hydroxylation is 1.